The van der Waals surface area contributed by atoms with Gasteiger partial charge in [0.15, 0.2) is 0 Å². The number of hydrogen-bond acceptors (Lipinski definition) is 2. The van der Waals surface area contributed by atoms with Gasteiger partial charge in [0.05, 0.1) is 0 Å². The standard InChI is InChI=1S/C9H12N2O/c1-7-8(10-2)4-3-5-9(7)11-6-12/h3-6,10H,1-2H3,(H,11,12). The van der Waals surface area contributed by atoms with Crippen molar-refractivity contribution in [2.45, 2.75) is 6.92 Å². The Hall–Kier alpha value is -1.51. The molecule has 3 heteroatoms. The second-order valence-electron chi connectivity index (χ2n) is 2.49. The molecule has 1 rings (SSSR count). The maximum atomic E-state index is 10.2. The van der Waals surface area contributed by atoms with E-state index < -0.39 is 0 Å². The summed E-state index contributed by atoms with van der Waals surface area (Å²) in [7, 11) is 1.85. The Morgan fingerprint density at radius 3 is 2.58 bits per heavy atom. The van der Waals surface area contributed by atoms with E-state index >= 15 is 0 Å². The van der Waals surface area contributed by atoms with E-state index in [0.717, 1.165) is 16.9 Å². The highest BCUT2D eigenvalue weighted by Crippen LogP contribution is 2.21. The zero-order valence-electron chi connectivity index (χ0n) is 7.22. The SMILES string of the molecule is CNc1cccc(NC=O)c1C. The van der Waals surface area contributed by atoms with Crippen LogP contribution in [0.2, 0.25) is 0 Å². The van der Waals surface area contributed by atoms with Crippen LogP contribution in [0.4, 0.5) is 11.4 Å². The summed E-state index contributed by atoms with van der Waals surface area (Å²) < 4.78 is 0. The van der Waals surface area contributed by atoms with Crippen molar-refractivity contribution in [3.63, 3.8) is 0 Å². The molecule has 0 radical (unpaired) electrons. The Bertz CT molecular complexity index is 284. The molecule has 0 aliphatic rings. The van der Waals surface area contributed by atoms with Crippen LogP contribution in [0.1, 0.15) is 5.56 Å². The Kier molecular flexibility index (Phi) is 2.69. The first-order valence-corrected chi connectivity index (χ1v) is 3.77. The molecule has 0 heterocycles. The van der Waals surface area contributed by atoms with Crippen LogP contribution >= 0.6 is 0 Å². The van der Waals surface area contributed by atoms with Gasteiger partial charge in [-0.05, 0) is 24.6 Å². The van der Waals surface area contributed by atoms with Crippen LogP contribution in [-0.2, 0) is 4.79 Å². The number of amides is 1. The molecule has 0 aliphatic carbocycles. The largest absolute Gasteiger partial charge is 0.388 e. The average Bonchev–Trinajstić information content (AvgIpc) is 2.09. The van der Waals surface area contributed by atoms with Crippen molar-refractivity contribution in [1.82, 2.24) is 0 Å². The fourth-order valence-corrected chi connectivity index (χ4v) is 1.13. The summed E-state index contributed by atoms with van der Waals surface area (Å²) >= 11 is 0. The van der Waals surface area contributed by atoms with Crippen LogP contribution in [0.25, 0.3) is 0 Å². The molecule has 3 nitrogen and oxygen atoms in total. The van der Waals surface area contributed by atoms with Crippen LogP contribution in [0, 0.1) is 6.92 Å². The predicted molar refractivity (Wildman–Crippen MR) is 50.4 cm³/mol. The minimum absolute atomic E-state index is 0.682. The molecule has 1 amide bonds. The number of anilines is 2. The Labute approximate surface area is 71.8 Å². The lowest BCUT2D eigenvalue weighted by Gasteiger charge is -2.08. The third-order valence-electron chi connectivity index (χ3n) is 1.82. The van der Waals surface area contributed by atoms with Crippen molar-refractivity contribution in [3.05, 3.63) is 23.8 Å². The zero-order valence-corrected chi connectivity index (χ0v) is 7.22. The molecule has 0 saturated heterocycles. The van der Waals surface area contributed by atoms with E-state index in [1.165, 1.54) is 0 Å². The van der Waals surface area contributed by atoms with E-state index in [0.29, 0.717) is 6.41 Å². The molecule has 12 heavy (non-hydrogen) atoms. The minimum atomic E-state index is 0.682. The summed E-state index contributed by atoms with van der Waals surface area (Å²) in [6.07, 6.45) is 0.682. The smallest absolute Gasteiger partial charge is 0.211 e. The monoisotopic (exact) mass is 164 g/mol. The van der Waals surface area contributed by atoms with Crippen LogP contribution in [0.3, 0.4) is 0 Å². The molecule has 0 atom stereocenters. The summed E-state index contributed by atoms with van der Waals surface area (Å²) in [6.45, 7) is 1.96. The lowest BCUT2D eigenvalue weighted by molar-refractivity contribution is -0.105. The number of nitrogens with one attached hydrogen (secondary N) is 2. The number of carbonyl (C=O) groups is 1. The summed E-state index contributed by atoms with van der Waals surface area (Å²) in [4.78, 5) is 10.2. The van der Waals surface area contributed by atoms with Crippen molar-refractivity contribution >= 4 is 17.8 Å². The topological polar surface area (TPSA) is 41.1 Å². The summed E-state index contributed by atoms with van der Waals surface area (Å²) in [5, 5.41) is 5.67. The fraction of sp³-hybridized carbons (Fsp3) is 0.222. The van der Waals surface area contributed by atoms with Crippen LogP contribution < -0.4 is 10.6 Å². The summed E-state index contributed by atoms with van der Waals surface area (Å²) in [5.74, 6) is 0. The van der Waals surface area contributed by atoms with Gasteiger partial charge in [0.2, 0.25) is 6.41 Å². The van der Waals surface area contributed by atoms with Crippen molar-refractivity contribution in [1.29, 1.82) is 0 Å². The van der Waals surface area contributed by atoms with E-state index in [4.69, 9.17) is 0 Å². The highest BCUT2D eigenvalue weighted by molar-refractivity contribution is 5.76. The third kappa shape index (κ3) is 1.56. The van der Waals surface area contributed by atoms with Crippen molar-refractivity contribution < 1.29 is 4.79 Å². The third-order valence-corrected chi connectivity index (χ3v) is 1.82. The summed E-state index contributed by atoms with van der Waals surface area (Å²) in [5.41, 5.74) is 2.92. The fourth-order valence-electron chi connectivity index (χ4n) is 1.13. The highest BCUT2D eigenvalue weighted by atomic mass is 16.1. The van der Waals surface area contributed by atoms with E-state index in [9.17, 15) is 4.79 Å². The van der Waals surface area contributed by atoms with Crippen LogP contribution in [0.5, 0.6) is 0 Å². The normalized spacial score (nSPS) is 9.17. The zero-order chi connectivity index (χ0) is 8.97. The van der Waals surface area contributed by atoms with Crippen molar-refractivity contribution in [3.8, 4) is 0 Å². The minimum Gasteiger partial charge on any atom is -0.388 e. The van der Waals surface area contributed by atoms with E-state index in [1.807, 2.05) is 32.2 Å². The first kappa shape index (κ1) is 8.59. The van der Waals surface area contributed by atoms with Gasteiger partial charge in [0, 0.05) is 18.4 Å². The van der Waals surface area contributed by atoms with Crippen LogP contribution in [0.15, 0.2) is 18.2 Å². The van der Waals surface area contributed by atoms with E-state index in [2.05, 4.69) is 10.6 Å². The second-order valence-corrected chi connectivity index (χ2v) is 2.49. The number of rotatable bonds is 3. The molecule has 0 fully saturated rings. The maximum Gasteiger partial charge on any atom is 0.211 e. The Morgan fingerprint density at radius 2 is 2.00 bits per heavy atom. The molecule has 0 bridgehead atoms. The molecular weight excluding hydrogens is 152 g/mol. The number of hydrogen-bond donors (Lipinski definition) is 2. The van der Waals surface area contributed by atoms with Crippen molar-refractivity contribution in [2.75, 3.05) is 17.7 Å². The molecule has 2 N–H and O–H groups in total. The molecule has 0 aliphatic heterocycles. The lowest BCUT2D eigenvalue weighted by Crippen LogP contribution is -1.99. The lowest BCUT2D eigenvalue weighted by atomic mass is 10.1. The van der Waals surface area contributed by atoms with Gasteiger partial charge in [-0.2, -0.15) is 0 Å². The van der Waals surface area contributed by atoms with Gasteiger partial charge >= 0.3 is 0 Å². The number of benzene rings is 1. The summed E-state index contributed by atoms with van der Waals surface area (Å²) in [6, 6.07) is 5.72. The van der Waals surface area contributed by atoms with Gasteiger partial charge in [-0.3, -0.25) is 4.79 Å². The molecule has 0 saturated carbocycles. The average molecular weight is 164 g/mol. The molecule has 64 valence electrons. The Morgan fingerprint density at radius 1 is 1.33 bits per heavy atom. The van der Waals surface area contributed by atoms with Gasteiger partial charge in [-0.25, -0.2) is 0 Å². The quantitative estimate of drug-likeness (QED) is 0.666. The van der Waals surface area contributed by atoms with Crippen LogP contribution in [-0.4, -0.2) is 13.5 Å². The van der Waals surface area contributed by atoms with Gasteiger partial charge in [0.1, 0.15) is 0 Å². The molecule has 0 unspecified atom stereocenters. The highest BCUT2D eigenvalue weighted by Gasteiger charge is 1.99. The maximum absolute atomic E-state index is 10.2. The molecular formula is C9H12N2O. The van der Waals surface area contributed by atoms with Gasteiger partial charge < -0.3 is 10.6 Å². The van der Waals surface area contributed by atoms with Crippen molar-refractivity contribution in [2.24, 2.45) is 0 Å². The van der Waals surface area contributed by atoms with Gasteiger partial charge in [0.25, 0.3) is 0 Å². The Balaban J connectivity index is 3.04. The predicted octanol–water partition coefficient (Wildman–Crippen LogP) is 1.61. The second kappa shape index (κ2) is 3.76. The van der Waals surface area contributed by atoms with E-state index in [-0.39, 0.29) is 0 Å². The molecule has 1 aromatic rings. The first-order chi connectivity index (χ1) is 5.79. The number of carbonyl (C=O) groups excluding carboxylic acids is 1. The van der Waals surface area contributed by atoms with E-state index in [1.54, 1.807) is 0 Å². The molecule has 1 aromatic carbocycles. The van der Waals surface area contributed by atoms with Gasteiger partial charge in [-0.15, -0.1) is 0 Å². The molecule has 0 spiro atoms. The molecule has 0 aromatic heterocycles. The van der Waals surface area contributed by atoms with Gasteiger partial charge in [-0.1, -0.05) is 6.07 Å². The first-order valence-electron chi connectivity index (χ1n) is 3.77.